The number of likely N-dealkylation sites (N-methyl/N-ethyl adjacent to an activating group) is 1. The quantitative estimate of drug-likeness (QED) is 0.816. The molecule has 1 saturated carbocycles. The number of nitrogens with zero attached hydrogens (tertiary/aromatic N) is 2. The summed E-state index contributed by atoms with van der Waals surface area (Å²) in [6.07, 6.45) is 3.53. The molecule has 2 aliphatic rings. The van der Waals surface area contributed by atoms with Gasteiger partial charge in [0, 0.05) is 32.7 Å². The lowest BCUT2D eigenvalue weighted by atomic mass is 9.71. The fourth-order valence-electron chi connectivity index (χ4n) is 4.27. The van der Waals surface area contributed by atoms with Gasteiger partial charge in [-0.3, -0.25) is 4.90 Å². The van der Waals surface area contributed by atoms with E-state index in [1.54, 1.807) is 0 Å². The molecule has 3 atom stereocenters. The van der Waals surface area contributed by atoms with Crippen LogP contribution in [0.1, 0.15) is 47.0 Å². The lowest BCUT2D eigenvalue weighted by Crippen LogP contribution is -2.49. The molecule has 0 aromatic heterocycles. The van der Waals surface area contributed by atoms with Crippen molar-refractivity contribution in [1.29, 1.82) is 0 Å². The summed E-state index contributed by atoms with van der Waals surface area (Å²) in [6, 6.07) is 0. The van der Waals surface area contributed by atoms with Crippen LogP contribution in [0.2, 0.25) is 0 Å². The zero-order valence-electron chi connectivity index (χ0n) is 15.1. The van der Waals surface area contributed by atoms with Gasteiger partial charge >= 0.3 is 0 Å². The van der Waals surface area contributed by atoms with Crippen LogP contribution in [0.5, 0.6) is 0 Å². The first-order chi connectivity index (χ1) is 10.4. The standard InChI is InChI=1S/C18H36N2O2/c1-5-19-6-8-20(9-7-19)13-16(21)14-22-17-10-15(2)11-18(3,4)12-17/h15-17,21H,5-14H2,1-4H3/t15-,16+,17-/m0/s1. The molecule has 2 fully saturated rings. The Kier molecular flexibility index (Phi) is 6.69. The minimum Gasteiger partial charge on any atom is -0.389 e. The minimum absolute atomic E-state index is 0.324. The Hall–Kier alpha value is -0.160. The first-order valence-corrected chi connectivity index (χ1v) is 9.12. The second kappa shape index (κ2) is 8.09. The van der Waals surface area contributed by atoms with Crippen molar-refractivity contribution in [2.45, 2.75) is 59.2 Å². The fourth-order valence-corrected chi connectivity index (χ4v) is 4.27. The molecule has 4 nitrogen and oxygen atoms in total. The van der Waals surface area contributed by atoms with Gasteiger partial charge in [-0.15, -0.1) is 0 Å². The van der Waals surface area contributed by atoms with E-state index in [2.05, 4.69) is 37.5 Å². The summed E-state index contributed by atoms with van der Waals surface area (Å²) in [4.78, 5) is 4.83. The molecule has 2 rings (SSSR count). The van der Waals surface area contributed by atoms with Gasteiger partial charge < -0.3 is 14.7 Å². The summed E-state index contributed by atoms with van der Waals surface area (Å²) in [5, 5.41) is 10.3. The van der Waals surface area contributed by atoms with Gasteiger partial charge in [0.05, 0.1) is 18.8 Å². The van der Waals surface area contributed by atoms with E-state index in [9.17, 15) is 5.11 Å². The minimum atomic E-state index is -0.353. The smallest absolute Gasteiger partial charge is 0.0900 e. The van der Waals surface area contributed by atoms with Crippen molar-refractivity contribution < 1.29 is 9.84 Å². The molecule has 1 heterocycles. The second-order valence-electron chi connectivity index (χ2n) is 8.26. The first kappa shape index (κ1) is 18.2. The SMILES string of the molecule is CCN1CCN(C[C@@H](O)CO[C@H]2C[C@H](C)CC(C)(C)C2)CC1. The average molecular weight is 312 g/mol. The van der Waals surface area contributed by atoms with Crippen LogP contribution in [0, 0.1) is 11.3 Å². The van der Waals surface area contributed by atoms with Crippen LogP contribution in [0.3, 0.4) is 0 Å². The van der Waals surface area contributed by atoms with Gasteiger partial charge in [0.1, 0.15) is 0 Å². The number of rotatable bonds is 6. The van der Waals surface area contributed by atoms with Crippen LogP contribution >= 0.6 is 0 Å². The molecule has 22 heavy (non-hydrogen) atoms. The predicted octanol–water partition coefficient (Wildman–Crippen LogP) is 2.22. The fraction of sp³-hybridized carbons (Fsp3) is 1.00. The number of aliphatic hydroxyl groups is 1. The zero-order chi connectivity index (χ0) is 16.2. The van der Waals surface area contributed by atoms with Crippen molar-refractivity contribution >= 4 is 0 Å². The Balaban J connectivity index is 1.66. The van der Waals surface area contributed by atoms with Crippen LogP contribution < -0.4 is 0 Å². The molecule has 0 bridgehead atoms. The highest BCUT2D eigenvalue weighted by Gasteiger charge is 2.32. The maximum atomic E-state index is 10.3. The number of aliphatic hydroxyl groups excluding tert-OH is 1. The van der Waals surface area contributed by atoms with Crippen LogP contribution in [-0.4, -0.2) is 73.0 Å². The van der Waals surface area contributed by atoms with Gasteiger partial charge in [-0.25, -0.2) is 0 Å². The molecule has 0 amide bonds. The third-order valence-electron chi connectivity index (χ3n) is 5.25. The Morgan fingerprint density at radius 2 is 1.77 bits per heavy atom. The summed E-state index contributed by atoms with van der Waals surface area (Å²) in [7, 11) is 0. The molecular weight excluding hydrogens is 276 g/mol. The lowest BCUT2D eigenvalue weighted by molar-refractivity contribution is -0.0632. The molecular formula is C18H36N2O2. The molecule has 0 aromatic carbocycles. The van der Waals surface area contributed by atoms with E-state index in [-0.39, 0.29) is 6.10 Å². The van der Waals surface area contributed by atoms with Crippen molar-refractivity contribution in [2.75, 3.05) is 45.9 Å². The molecule has 0 aromatic rings. The number of hydrogen-bond acceptors (Lipinski definition) is 4. The topological polar surface area (TPSA) is 35.9 Å². The predicted molar refractivity (Wildman–Crippen MR) is 91.1 cm³/mol. The molecule has 0 spiro atoms. The first-order valence-electron chi connectivity index (χ1n) is 9.12. The summed E-state index contributed by atoms with van der Waals surface area (Å²) in [6.45, 7) is 16.0. The average Bonchev–Trinajstić information content (AvgIpc) is 2.44. The Bertz CT molecular complexity index is 327. The highest BCUT2D eigenvalue weighted by Crippen LogP contribution is 2.39. The maximum Gasteiger partial charge on any atom is 0.0900 e. The number of β-amino-alcohol motifs (C(OH)–C–C–N with tert-alkyl or cyclic N) is 1. The monoisotopic (exact) mass is 312 g/mol. The molecule has 130 valence electrons. The van der Waals surface area contributed by atoms with Crippen LogP contribution in [0.15, 0.2) is 0 Å². The summed E-state index contributed by atoms with van der Waals surface area (Å²) < 4.78 is 6.05. The summed E-state index contributed by atoms with van der Waals surface area (Å²) >= 11 is 0. The highest BCUT2D eigenvalue weighted by atomic mass is 16.5. The number of hydrogen-bond donors (Lipinski definition) is 1. The van der Waals surface area contributed by atoms with Crippen LogP contribution in [0.25, 0.3) is 0 Å². The molecule has 1 saturated heterocycles. The Morgan fingerprint density at radius 3 is 2.36 bits per heavy atom. The van der Waals surface area contributed by atoms with Crippen LogP contribution in [0.4, 0.5) is 0 Å². The molecule has 1 N–H and O–H groups in total. The summed E-state index contributed by atoms with van der Waals surface area (Å²) in [5.41, 5.74) is 0.379. The Morgan fingerprint density at radius 1 is 1.14 bits per heavy atom. The number of piperazine rings is 1. The summed E-state index contributed by atoms with van der Waals surface area (Å²) in [5.74, 6) is 0.730. The molecule has 1 aliphatic carbocycles. The van der Waals surface area contributed by atoms with E-state index in [4.69, 9.17) is 4.74 Å². The van der Waals surface area contributed by atoms with E-state index in [1.165, 1.54) is 6.42 Å². The van der Waals surface area contributed by atoms with Gasteiger partial charge in [0.15, 0.2) is 0 Å². The zero-order valence-corrected chi connectivity index (χ0v) is 15.1. The largest absolute Gasteiger partial charge is 0.389 e. The third kappa shape index (κ3) is 5.80. The molecule has 1 aliphatic heterocycles. The van der Waals surface area contributed by atoms with Gasteiger partial charge in [-0.05, 0) is 37.1 Å². The molecule has 4 heteroatoms. The normalized spacial score (nSPS) is 32.0. The van der Waals surface area contributed by atoms with E-state index in [0.717, 1.165) is 58.0 Å². The van der Waals surface area contributed by atoms with Gasteiger partial charge in [0.25, 0.3) is 0 Å². The highest BCUT2D eigenvalue weighted by molar-refractivity contribution is 4.83. The van der Waals surface area contributed by atoms with Crippen molar-refractivity contribution in [3.05, 3.63) is 0 Å². The van der Waals surface area contributed by atoms with Gasteiger partial charge in [-0.2, -0.15) is 0 Å². The number of ether oxygens (including phenoxy) is 1. The lowest BCUT2D eigenvalue weighted by Gasteiger charge is -2.39. The van der Waals surface area contributed by atoms with E-state index in [0.29, 0.717) is 18.1 Å². The van der Waals surface area contributed by atoms with Crippen LogP contribution in [-0.2, 0) is 4.74 Å². The van der Waals surface area contributed by atoms with E-state index >= 15 is 0 Å². The maximum absolute atomic E-state index is 10.3. The molecule has 0 radical (unpaired) electrons. The van der Waals surface area contributed by atoms with Crippen molar-refractivity contribution in [1.82, 2.24) is 9.80 Å². The van der Waals surface area contributed by atoms with Crippen molar-refractivity contribution in [2.24, 2.45) is 11.3 Å². The Labute approximate surface area is 136 Å². The van der Waals surface area contributed by atoms with Gasteiger partial charge in [-0.1, -0.05) is 27.7 Å². The molecule has 0 unspecified atom stereocenters. The van der Waals surface area contributed by atoms with Gasteiger partial charge in [0.2, 0.25) is 0 Å². The van der Waals surface area contributed by atoms with E-state index in [1.807, 2.05) is 0 Å². The third-order valence-corrected chi connectivity index (χ3v) is 5.25. The van der Waals surface area contributed by atoms with Crippen molar-refractivity contribution in [3.63, 3.8) is 0 Å². The second-order valence-corrected chi connectivity index (χ2v) is 8.26. The van der Waals surface area contributed by atoms with E-state index < -0.39 is 0 Å². The van der Waals surface area contributed by atoms with Crippen molar-refractivity contribution in [3.8, 4) is 0 Å².